The van der Waals surface area contributed by atoms with Crippen molar-refractivity contribution in [3.8, 4) is 0 Å². The highest BCUT2D eigenvalue weighted by Crippen LogP contribution is 2.23. The number of aryl methyl sites for hydroxylation is 1. The van der Waals surface area contributed by atoms with E-state index in [1.807, 2.05) is 0 Å². The number of benzene rings is 3. The molecular formula is C20H16Cl2N2O3S. The molecule has 0 aliphatic rings. The normalized spacial score (nSPS) is 11.1. The number of hydrogen-bond acceptors (Lipinski definition) is 3. The molecule has 0 saturated heterocycles. The molecule has 0 aromatic heterocycles. The highest BCUT2D eigenvalue weighted by molar-refractivity contribution is 7.92. The molecule has 144 valence electrons. The van der Waals surface area contributed by atoms with Crippen molar-refractivity contribution in [3.63, 3.8) is 0 Å². The molecule has 0 fully saturated rings. The van der Waals surface area contributed by atoms with E-state index in [0.717, 1.165) is 0 Å². The minimum Gasteiger partial charge on any atom is -0.322 e. The zero-order chi connectivity index (χ0) is 20.3. The van der Waals surface area contributed by atoms with Crippen LogP contribution in [0.1, 0.15) is 15.9 Å². The number of hydrogen-bond donors (Lipinski definition) is 2. The van der Waals surface area contributed by atoms with Crippen molar-refractivity contribution in [1.82, 2.24) is 0 Å². The van der Waals surface area contributed by atoms with Crippen molar-refractivity contribution < 1.29 is 13.2 Å². The van der Waals surface area contributed by atoms with E-state index < -0.39 is 10.0 Å². The van der Waals surface area contributed by atoms with Crippen molar-refractivity contribution in [2.24, 2.45) is 0 Å². The summed E-state index contributed by atoms with van der Waals surface area (Å²) in [5, 5.41) is 3.82. The summed E-state index contributed by atoms with van der Waals surface area (Å²) < 4.78 is 27.7. The standard InChI is InChI=1S/C20H16Cl2N2O3S/c1-13-12-18(28(26,27)24-17-8-6-16(22)7-9-17)10-11-19(13)23-20(25)14-2-4-15(21)5-3-14/h2-12,24H,1H3,(H,23,25). The zero-order valence-corrected chi connectivity index (χ0v) is 17.1. The number of amides is 1. The SMILES string of the molecule is Cc1cc(S(=O)(=O)Nc2ccc(Cl)cc2)ccc1NC(=O)c1ccc(Cl)cc1. The van der Waals surface area contributed by atoms with E-state index in [4.69, 9.17) is 23.2 Å². The van der Waals surface area contributed by atoms with Gasteiger partial charge in [-0.3, -0.25) is 9.52 Å². The highest BCUT2D eigenvalue weighted by atomic mass is 35.5. The second kappa shape index (κ2) is 8.22. The second-order valence-electron chi connectivity index (χ2n) is 6.05. The van der Waals surface area contributed by atoms with Gasteiger partial charge < -0.3 is 5.32 Å². The Morgan fingerprint density at radius 1 is 0.857 bits per heavy atom. The van der Waals surface area contributed by atoms with Gasteiger partial charge in [0.1, 0.15) is 0 Å². The largest absolute Gasteiger partial charge is 0.322 e. The van der Waals surface area contributed by atoms with Crippen LogP contribution in [0.25, 0.3) is 0 Å². The molecule has 0 heterocycles. The van der Waals surface area contributed by atoms with Crippen LogP contribution in [0, 0.1) is 6.92 Å². The van der Waals surface area contributed by atoms with Gasteiger partial charge in [-0.2, -0.15) is 0 Å². The predicted octanol–water partition coefficient (Wildman–Crippen LogP) is 5.35. The van der Waals surface area contributed by atoms with E-state index in [0.29, 0.717) is 32.5 Å². The maximum Gasteiger partial charge on any atom is 0.261 e. The fourth-order valence-corrected chi connectivity index (χ4v) is 3.87. The number of carbonyl (C=O) groups excluding carboxylic acids is 1. The van der Waals surface area contributed by atoms with Crippen LogP contribution < -0.4 is 10.0 Å². The van der Waals surface area contributed by atoms with Gasteiger partial charge >= 0.3 is 0 Å². The Morgan fingerprint density at radius 3 is 2.00 bits per heavy atom. The van der Waals surface area contributed by atoms with Crippen LogP contribution in [-0.4, -0.2) is 14.3 Å². The van der Waals surface area contributed by atoms with Crippen molar-refractivity contribution in [1.29, 1.82) is 0 Å². The Bertz CT molecular complexity index is 1110. The first-order valence-corrected chi connectivity index (χ1v) is 10.4. The molecule has 28 heavy (non-hydrogen) atoms. The van der Waals surface area contributed by atoms with Crippen LogP contribution in [0.15, 0.2) is 71.6 Å². The van der Waals surface area contributed by atoms with Crippen molar-refractivity contribution in [2.75, 3.05) is 10.0 Å². The second-order valence-corrected chi connectivity index (χ2v) is 8.61. The molecule has 0 aliphatic carbocycles. The number of carbonyl (C=O) groups is 1. The third-order valence-electron chi connectivity index (χ3n) is 3.96. The highest BCUT2D eigenvalue weighted by Gasteiger charge is 2.16. The minimum absolute atomic E-state index is 0.0874. The van der Waals surface area contributed by atoms with Gasteiger partial charge in [-0.15, -0.1) is 0 Å². The topological polar surface area (TPSA) is 75.3 Å². The number of rotatable bonds is 5. The summed E-state index contributed by atoms with van der Waals surface area (Å²) in [6, 6.07) is 17.3. The molecule has 3 rings (SSSR count). The first-order valence-electron chi connectivity index (χ1n) is 8.20. The summed E-state index contributed by atoms with van der Waals surface area (Å²) in [6.45, 7) is 1.72. The summed E-state index contributed by atoms with van der Waals surface area (Å²) >= 11 is 11.6. The van der Waals surface area contributed by atoms with Crippen LogP contribution in [0.2, 0.25) is 10.0 Å². The van der Waals surface area contributed by atoms with Crippen LogP contribution in [0.3, 0.4) is 0 Å². The Kier molecular flexibility index (Phi) is 5.93. The van der Waals surface area contributed by atoms with E-state index in [9.17, 15) is 13.2 Å². The van der Waals surface area contributed by atoms with Gasteiger partial charge in [0.25, 0.3) is 15.9 Å². The van der Waals surface area contributed by atoms with Gasteiger partial charge in [0.2, 0.25) is 0 Å². The summed E-state index contributed by atoms with van der Waals surface area (Å²) in [5.41, 5.74) is 1.98. The molecule has 0 bridgehead atoms. The molecule has 5 nitrogen and oxygen atoms in total. The molecule has 3 aromatic rings. The Morgan fingerprint density at radius 2 is 1.43 bits per heavy atom. The van der Waals surface area contributed by atoms with Gasteiger partial charge in [0.05, 0.1) is 4.90 Å². The number of sulfonamides is 1. The fourth-order valence-electron chi connectivity index (χ4n) is 2.47. The van der Waals surface area contributed by atoms with Crippen LogP contribution in [0.5, 0.6) is 0 Å². The van der Waals surface area contributed by atoms with Gasteiger partial charge in [-0.05, 0) is 79.2 Å². The van der Waals surface area contributed by atoms with Gasteiger partial charge in [-0.25, -0.2) is 8.42 Å². The lowest BCUT2D eigenvalue weighted by atomic mass is 10.1. The zero-order valence-electron chi connectivity index (χ0n) is 14.7. The summed E-state index contributed by atoms with van der Waals surface area (Å²) in [4.78, 5) is 12.4. The van der Waals surface area contributed by atoms with Crippen molar-refractivity contribution >= 4 is 50.5 Å². The average molecular weight is 435 g/mol. The number of halogens is 2. The lowest BCUT2D eigenvalue weighted by molar-refractivity contribution is 0.102. The Balaban J connectivity index is 1.78. The molecule has 1 amide bonds. The maximum atomic E-state index is 12.6. The summed E-state index contributed by atoms with van der Waals surface area (Å²) in [6.07, 6.45) is 0. The maximum absolute atomic E-state index is 12.6. The molecule has 8 heteroatoms. The lowest BCUT2D eigenvalue weighted by Gasteiger charge is -2.12. The summed E-state index contributed by atoms with van der Waals surface area (Å²) in [7, 11) is -3.77. The molecule has 0 saturated carbocycles. The third-order valence-corrected chi connectivity index (χ3v) is 5.84. The summed E-state index contributed by atoms with van der Waals surface area (Å²) in [5.74, 6) is -0.310. The average Bonchev–Trinajstić information content (AvgIpc) is 2.65. The number of nitrogens with one attached hydrogen (secondary N) is 2. The monoisotopic (exact) mass is 434 g/mol. The van der Waals surface area contributed by atoms with Crippen LogP contribution >= 0.6 is 23.2 Å². The quantitative estimate of drug-likeness (QED) is 0.567. The smallest absolute Gasteiger partial charge is 0.261 e. The van der Waals surface area contributed by atoms with Gasteiger partial charge in [-0.1, -0.05) is 23.2 Å². The lowest BCUT2D eigenvalue weighted by Crippen LogP contribution is -2.15. The first kappa shape index (κ1) is 20.2. The van der Waals surface area contributed by atoms with Crippen molar-refractivity contribution in [3.05, 3.63) is 87.9 Å². The van der Waals surface area contributed by atoms with E-state index in [1.54, 1.807) is 61.5 Å². The van der Waals surface area contributed by atoms with E-state index >= 15 is 0 Å². The molecule has 0 aliphatic heterocycles. The molecule has 0 spiro atoms. The minimum atomic E-state index is -3.77. The molecule has 0 atom stereocenters. The molecule has 3 aromatic carbocycles. The Hall–Kier alpha value is -2.54. The van der Waals surface area contributed by atoms with E-state index in [-0.39, 0.29) is 10.8 Å². The molecule has 2 N–H and O–H groups in total. The van der Waals surface area contributed by atoms with Gasteiger partial charge in [0, 0.05) is 27.0 Å². The third kappa shape index (κ3) is 4.84. The fraction of sp³-hybridized carbons (Fsp3) is 0.0500. The Labute approximate surface area is 173 Å². The van der Waals surface area contributed by atoms with Crippen molar-refractivity contribution in [2.45, 2.75) is 11.8 Å². The van der Waals surface area contributed by atoms with E-state index in [1.165, 1.54) is 12.1 Å². The first-order chi connectivity index (χ1) is 13.2. The molecule has 0 unspecified atom stereocenters. The molecular weight excluding hydrogens is 419 g/mol. The predicted molar refractivity (Wildman–Crippen MR) is 113 cm³/mol. The number of anilines is 2. The molecule has 0 radical (unpaired) electrons. The van der Waals surface area contributed by atoms with Gasteiger partial charge in [0.15, 0.2) is 0 Å². The van der Waals surface area contributed by atoms with E-state index in [2.05, 4.69) is 10.0 Å². The van der Waals surface area contributed by atoms with Crippen LogP contribution in [0.4, 0.5) is 11.4 Å². The van der Waals surface area contributed by atoms with Crippen LogP contribution in [-0.2, 0) is 10.0 Å².